The monoisotopic (exact) mass is 385 g/mol. The van der Waals surface area contributed by atoms with Crippen LogP contribution < -0.4 is 10.1 Å². The molecule has 5 heteroatoms. The minimum atomic E-state index is -4.69. The highest BCUT2D eigenvalue weighted by atomic mass is 19.4. The van der Waals surface area contributed by atoms with Gasteiger partial charge in [0, 0.05) is 16.9 Å². The van der Waals surface area contributed by atoms with Crippen molar-refractivity contribution in [1.29, 1.82) is 0 Å². The molecule has 0 radical (unpaired) electrons. The van der Waals surface area contributed by atoms with Gasteiger partial charge in [0.2, 0.25) is 0 Å². The summed E-state index contributed by atoms with van der Waals surface area (Å²) in [7, 11) is 0. The number of ether oxygens (including phenoxy) is 1. The lowest BCUT2D eigenvalue weighted by atomic mass is 9.87. The number of nitrogens with one attached hydrogen (secondary N) is 1. The van der Waals surface area contributed by atoms with E-state index in [-0.39, 0.29) is 11.2 Å². The Morgan fingerprint density at radius 1 is 0.750 bits per heavy atom. The van der Waals surface area contributed by atoms with Crippen molar-refractivity contribution in [2.24, 2.45) is 0 Å². The number of anilines is 2. The highest BCUT2D eigenvalue weighted by molar-refractivity contribution is 5.81. The van der Waals surface area contributed by atoms with Crippen LogP contribution in [0.25, 0.3) is 11.1 Å². The maximum Gasteiger partial charge on any atom is 0.573 e. The molecule has 0 atom stereocenters. The van der Waals surface area contributed by atoms with E-state index in [0.717, 1.165) is 22.5 Å². The summed E-state index contributed by atoms with van der Waals surface area (Å²) < 4.78 is 41.0. The van der Waals surface area contributed by atoms with E-state index in [1.165, 1.54) is 17.7 Å². The molecule has 2 nitrogen and oxygen atoms in total. The van der Waals surface area contributed by atoms with Gasteiger partial charge in [-0.3, -0.25) is 0 Å². The van der Waals surface area contributed by atoms with E-state index in [1.807, 2.05) is 36.4 Å². The average molecular weight is 385 g/mol. The Labute approximate surface area is 163 Å². The van der Waals surface area contributed by atoms with Crippen LogP contribution in [0.4, 0.5) is 24.5 Å². The van der Waals surface area contributed by atoms with Crippen LogP contribution in [0.1, 0.15) is 26.3 Å². The fraction of sp³-hybridized carbons (Fsp3) is 0.217. The lowest BCUT2D eigenvalue weighted by Gasteiger charge is -2.19. The first-order chi connectivity index (χ1) is 13.1. The van der Waals surface area contributed by atoms with Crippen LogP contribution in [-0.2, 0) is 5.41 Å². The second-order valence-corrected chi connectivity index (χ2v) is 7.57. The van der Waals surface area contributed by atoms with Gasteiger partial charge in [0.1, 0.15) is 5.75 Å². The summed E-state index contributed by atoms with van der Waals surface area (Å²) >= 11 is 0. The van der Waals surface area contributed by atoms with Crippen molar-refractivity contribution < 1.29 is 17.9 Å². The molecule has 0 aromatic heterocycles. The lowest BCUT2D eigenvalue weighted by Crippen LogP contribution is -2.16. The molecular formula is C23H22F3NO. The van der Waals surface area contributed by atoms with Gasteiger partial charge in [-0.15, -0.1) is 13.2 Å². The summed E-state index contributed by atoms with van der Waals surface area (Å²) in [5, 5.41) is 3.39. The molecule has 3 aromatic carbocycles. The Bertz CT molecular complexity index is 924. The summed E-state index contributed by atoms with van der Waals surface area (Å²) in [5.41, 5.74) is 4.82. The molecule has 0 heterocycles. The van der Waals surface area contributed by atoms with E-state index in [1.54, 1.807) is 12.1 Å². The number of hydrogen-bond acceptors (Lipinski definition) is 2. The second kappa shape index (κ2) is 7.58. The Hall–Kier alpha value is -2.95. The molecule has 0 aliphatic rings. The van der Waals surface area contributed by atoms with Crippen molar-refractivity contribution in [3.63, 3.8) is 0 Å². The van der Waals surface area contributed by atoms with Crippen molar-refractivity contribution in [3.05, 3.63) is 78.4 Å². The van der Waals surface area contributed by atoms with Gasteiger partial charge in [-0.1, -0.05) is 63.2 Å². The van der Waals surface area contributed by atoms with Gasteiger partial charge >= 0.3 is 6.36 Å². The molecule has 0 amide bonds. The van der Waals surface area contributed by atoms with Crippen molar-refractivity contribution >= 4 is 11.4 Å². The normalized spacial score (nSPS) is 11.9. The van der Waals surface area contributed by atoms with E-state index >= 15 is 0 Å². The quantitative estimate of drug-likeness (QED) is 0.509. The van der Waals surface area contributed by atoms with Crippen molar-refractivity contribution in [1.82, 2.24) is 0 Å². The number of alkyl halides is 3. The summed E-state index contributed by atoms with van der Waals surface area (Å²) in [6.07, 6.45) is -4.69. The topological polar surface area (TPSA) is 21.3 Å². The third kappa shape index (κ3) is 5.06. The van der Waals surface area contributed by atoms with Crippen LogP contribution in [0.3, 0.4) is 0 Å². The van der Waals surface area contributed by atoms with Gasteiger partial charge in [-0.2, -0.15) is 0 Å². The van der Waals surface area contributed by atoms with Crippen molar-refractivity contribution in [2.45, 2.75) is 32.5 Å². The highest BCUT2D eigenvalue weighted by Gasteiger charge is 2.31. The van der Waals surface area contributed by atoms with Gasteiger partial charge in [-0.05, 0) is 46.9 Å². The van der Waals surface area contributed by atoms with Gasteiger partial charge in [-0.25, -0.2) is 0 Å². The molecule has 0 saturated carbocycles. The minimum Gasteiger partial charge on any atom is -0.406 e. The third-order valence-electron chi connectivity index (χ3n) is 4.36. The number of halogens is 3. The third-order valence-corrected chi connectivity index (χ3v) is 4.36. The van der Waals surface area contributed by atoms with E-state index < -0.39 is 6.36 Å². The summed E-state index contributed by atoms with van der Waals surface area (Å²) in [6, 6.07) is 21.8. The molecule has 0 bridgehead atoms. The van der Waals surface area contributed by atoms with Gasteiger partial charge in [0.15, 0.2) is 0 Å². The zero-order chi connectivity index (χ0) is 20.4. The molecule has 1 N–H and O–H groups in total. The molecule has 3 aromatic rings. The molecule has 28 heavy (non-hydrogen) atoms. The SMILES string of the molecule is CC(C)(C)c1ccc(Nc2ccccc2-c2ccc(OC(F)(F)F)cc2)cc1. The van der Waals surface area contributed by atoms with Crippen LogP contribution in [0.2, 0.25) is 0 Å². The van der Waals surface area contributed by atoms with Crippen molar-refractivity contribution in [3.8, 4) is 16.9 Å². The fourth-order valence-electron chi connectivity index (χ4n) is 2.89. The predicted octanol–water partition coefficient (Wildman–Crippen LogP) is 7.29. The van der Waals surface area contributed by atoms with Gasteiger partial charge in [0.05, 0.1) is 0 Å². The smallest absolute Gasteiger partial charge is 0.406 e. The molecule has 146 valence electrons. The highest BCUT2D eigenvalue weighted by Crippen LogP contribution is 2.33. The standard InChI is InChI=1S/C23H22F3NO/c1-22(2,3)17-10-12-18(13-11-17)27-21-7-5-4-6-20(21)16-8-14-19(15-9-16)28-23(24,25)26/h4-15,27H,1-3H3. The minimum absolute atomic E-state index is 0.0800. The van der Waals surface area contributed by atoms with Crippen LogP contribution in [0, 0.1) is 0 Å². The Morgan fingerprint density at radius 3 is 1.93 bits per heavy atom. The van der Waals surface area contributed by atoms with Crippen LogP contribution >= 0.6 is 0 Å². The van der Waals surface area contributed by atoms with E-state index in [0.29, 0.717) is 0 Å². The average Bonchev–Trinajstić information content (AvgIpc) is 2.61. The zero-order valence-corrected chi connectivity index (χ0v) is 16.0. The van der Waals surface area contributed by atoms with Gasteiger partial charge < -0.3 is 10.1 Å². The summed E-state index contributed by atoms with van der Waals surface area (Å²) in [6.45, 7) is 6.49. The Morgan fingerprint density at radius 2 is 1.36 bits per heavy atom. The molecule has 0 saturated heterocycles. The molecule has 0 aliphatic carbocycles. The first-order valence-electron chi connectivity index (χ1n) is 8.95. The Kier molecular flexibility index (Phi) is 5.36. The lowest BCUT2D eigenvalue weighted by molar-refractivity contribution is -0.274. The molecule has 0 aliphatic heterocycles. The van der Waals surface area contributed by atoms with Gasteiger partial charge in [0.25, 0.3) is 0 Å². The molecule has 3 rings (SSSR count). The maximum absolute atomic E-state index is 12.3. The van der Waals surface area contributed by atoms with E-state index in [2.05, 4.69) is 43.0 Å². The van der Waals surface area contributed by atoms with Crippen LogP contribution in [0.5, 0.6) is 5.75 Å². The first-order valence-corrected chi connectivity index (χ1v) is 8.95. The summed E-state index contributed by atoms with van der Waals surface area (Å²) in [5.74, 6) is -0.237. The Balaban J connectivity index is 1.83. The first kappa shape index (κ1) is 19.8. The molecule has 0 unspecified atom stereocenters. The fourth-order valence-corrected chi connectivity index (χ4v) is 2.89. The zero-order valence-electron chi connectivity index (χ0n) is 16.0. The number of para-hydroxylation sites is 1. The van der Waals surface area contributed by atoms with Crippen molar-refractivity contribution in [2.75, 3.05) is 5.32 Å². The molecule has 0 spiro atoms. The largest absolute Gasteiger partial charge is 0.573 e. The number of benzene rings is 3. The van der Waals surface area contributed by atoms with E-state index in [9.17, 15) is 13.2 Å². The number of rotatable bonds is 4. The van der Waals surface area contributed by atoms with E-state index in [4.69, 9.17) is 0 Å². The molecular weight excluding hydrogens is 363 g/mol. The maximum atomic E-state index is 12.3. The van der Waals surface area contributed by atoms with Crippen LogP contribution in [-0.4, -0.2) is 6.36 Å². The summed E-state index contributed by atoms with van der Waals surface area (Å²) in [4.78, 5) is 0. The number of hydrogen-bond donors (Lipinski definition) is 1. The second-order valence-electron chi connectivity index (χ2n) is 7.57. The predicted molar refractivity (Wildman–Crippen MR) is 107 cm³/mol. The van der Waals surface area contributed by atoms with Crippen LogP contribution in [0.15, 0.2) is 72.8 Å². The molecule has 0 fully saturated rings.